The highest BCUT2D eigenvalue weighted by molar-refractivity contribution is 5.81. The summed E-state index contributed by atoms with van der Waals surface area (Å²) in [5, 5.41) is 9.64. The van der Waals surface area contributed by atoms with E-state index < -0.39 is 6.04 Å². The highest BCUT2D eigenvalue weighted by atomic mass is 16.3. The Bertz CT molecular complexity index is 206. The minimum absolute atomic E-state index is 0.00431. The van der Waals surface area contributed by atoms with Crippen molar-refractivity contribution in [1.82, 2.24) is 4.90 Å². The molecule has 0 aromatic carbocycles. The molecule has 0 unspecified atom stereocenters. The van der Waals surface area contributed by atoms with Crippen LogP contribution in [0.15, 0.2) is 0 Å². The van der Waals surface area contributed by atoms with Gasteiger partial charge in [0.05, 0.1) is 12.1 Å². The average Bonchev–Trinajstić information content (AvgIpc) is 2.17. The highest BCUT2D eigenvalue weighted by Crippen LogP contribution is 2.20. The van der Waals surface area contributed by atoms with Gasteiger partial charge in [-0.1, -0.05) is 6.92 Å². The second kappa shape index (κ2) is 4.75. The second-order valence-corrected chi connectivity index (χ2v) is 4.10. The smallest absolute Gasteiger partial charge is 0.239 e. The summed E-state index contributed by atoms with van der Waals surface area (Å²) in [7, 11) is 0. The predicted octanol–water partition coefficient (Wildman–Crippen LogP) is -0.0470. The molecule has 14 heavy (non-hydrogen) atoms. The summed E-state index contributed by atoms with van der Waals surface area (Å²) in [4.78, 5) is 13.4. The van der Waals surface area contributed by atoms with Crippen LogP contribution in [0.2, 0.25) is 0 Å². The van der Waals surface area contributed by atoms with Gasteiger partial charge in [-0.05, 0) is 19.8 Å². The molecule has 0 radical (unpaired) electrons. The third kappa shape index (κ3) is 2.45. The van der Waals surface area contributed by atoms with Crippen LogP contribution in [0.1, 0.15) is 26.7 Å². The molecule has 1 rings (SSSR count). The van der Waals surface area contributed by atoms with E-state index in [1.165, 1.54) is 0 Å². The molecular formula is C10H20N2O2. The van der Waals surface area contributed by atoms with E-state index in [1.54, 1.807) is 11.8 Å². The van der Waals surface area contributed by atoms with Crippen molar-refractivity contribution in [3.63, 3.8) is 0 Å². The second-order valence-electron chi connectivity index (χ2n) is 4.10. The predicted molar refractivity (Wildman–Crippen MR) is 54.6 cm³/mol. The Morgan fingerprint density at radius 1 is 1.71 bits per heavy atom. The molecule has 0 aromatic rings. The quantitative estimate of drug-likeness (QED) is 0.657. The number of hydrogen-bond acceptors (Lipinski definition) is 3. The number of hydrogen-bond donors (Lipinski definition) is 2. The monoisotopic (exact) mass is 200 g/mol. The lowest BCUT2D eigenvalue weighted by Crippen LogP contribution is -2.50. The zero-order chi connectivity index (χ0) is 10.7. The molecule has 1 amide bonds. The lowest BCUT2D eigenvalue weighted by Gasteiger charge is -2.36. The van der Waals surface area contributed by atoms with Gasteiger partial charge in [-0.25, -0.2) is 0 Å². The van der Waals surface area contributed by atoms with E-state index in [0.717, 1.165) is 6.42 Å². The molecule has 0 spiro atoms. The van der Waals surface area contributed by atoms with E-state index in [-0.39, 0.29) is 17.9 Å². The van der Waals surface area contributed by atoms with Crippen LogP contribution < -0.4 is 5.73 Å². The molecule has 3 atom stereocenters. The Kier molecular flexibility index (Phi) is 3.89. The maximum absolute atomic E-state index is 11.6. The molecule has 0 aliphatic carbocycles. The fourth-order valence-corrected chi connectivity index (χ4v) is 1.91. The summed E-state index contributed by atoms with van der Waals surface area (Å²) in [6.45, 7) is 5.03. The van der Waals surface area contributed by atoms with Gasteiger partial charge in [0.25, 0.3) is 0 Å². The van der Waals surface area contributed by atoms with Gasteiger partial charge in [-0.15, -0.1) is 0 Å². The van der Waals surface area contributed by atoms with Gasteiger partial charge in [-0.3, -0.25) is 4.79 Å². The molecule has 1 heterocycles. The van der Waals surface area contributed by atoms with Crippen LogP contribution in [-0.2, 0) is 4.79 Å². The minimum Gasteiger partial charge on any atom is -0.393 e. The van der Waals surface area contributed by atoms with E-state index in [9.17, 15) is 9.90 Å². The number of carbonyl (C=O) groups excluding carboxylic acids is 1. The number of aliphatic hydroxyl groups is 1. The van der Waals surface area contributed by atoms with Crippen LogP contribution in [0.5, 0.6) is 0 Å². The molecule has 4 heteroatoms. The molecule has 1 fully saturated rings. The van der Waals surface area contributed by atoms with E-state index in [4.69, 9.17) is 5.73 Å². The molecule has 1 aliphatic heterocycles. The number of carbonyl (C=O) groups is 1. The van der Waals surface area contributed by atoms with Gasteiger partial charge in [0.15, 0.2) is 0 Å². The summed E-state index contributed by atoms with van der Waals surface area (Å²) in [6, 6.07) is -0.428. The van der Waals surface area contributed by atoms with Crippen LogP contribution in [-0.4, -0.2) is 41.1 Å². The Morgan fingerprint density at radius 2 is 2.36 bits per heavy atom. The van der Waals surface area contributed by atoms with Crippen LogP contribution in [0.3, 0.4) is 0 Å². The summed E-state index contributed by atoms with van der Waals surface area (Å²) >= 11 is 0. The van der Waals surface area contributed by atoms with Crippen molar-refractivity contribution < 1.29 is 9.90 Å². The summed E-state index contributed by atoms with van der Waals surface area (Å²) < 4.78 is 0. The molecule has 4 nitrogen and oxygen atoms in total. The number of nitrogens with two attached hydrogens (primary N) is 1. The first kappa shape index (κ1) is 11.5. The number of piperidine rings is 1. The summed E-state index contributed by atoms with van der Waals surface area (Å²) in [5.41, 5.74) is 5.53. The number of rotatable bonds is 2. The first-order chi connectivity index (χ1) is 6.56. The molecular weight excluding hydrogens is 180 g/mol. The van der Waals surface area contributed by atoms with Gasteiger partial charge >= 0.3 is 0 Å². The standard InChI is InChI=1S/C10H20N2O2/c1-3-8-6-12(5-4-9(8)13)10(14)7(2)11/h7-9,13H,3-6,11H2,1-2H3/t7-,8-,9-/m1/s1. The van der Waals surface area contributed by atoms with E-state index in [2.05, 4.69) is 0 Å². The van der Waals surface area contributed by atoms with E-state index >= 15 is 0 Å². The summed E-state index contributed by atoms with van der Waals surface area (Å²) in [6.07, 6.45) is 1.33. The van der Waals surface area contributed by atoms with Crippen molar-refractivity contribution >= 4 is 5.91 Å². The van der Waals surface area contributed by atoms with Crippen LogP contribution in [0.4, 0.5) is 0 Å². The zero-order valence-electron chi connectivity index (χ0n) is 8.94. The van der Waals surface area contributed by atoms with Crippen LogP contribution in [0.25, 0.3) is 0 Å². The van der Waals surface area contributed by atoms with Crippen LogP contribution in [0, 0.1) is 5.92 Å². The van der Waals surface area contributed by atoms with Crippen molar-refractivity contribution in [3.8, 4) is 0 Å². The maximum atomic E-state index is 11.6. The number of amides is 1. The zero-order valence-corrected chi connectivity index (χ0v) is 8.94. The molecule has 0 bridgehead atoms. The van der Waals surface area contributed by atoms with Crippen molar-refractivity contribution in [2.24, 2.45) is 11.7 Å². The Labute approximate surface area is 85.1 Å². The van der Waals surface area contributed by atoms with Gasteiger partial charge in [-0.2, -0.15) is 0 Å². The first-order valence-electron chi connectivity index (χ1n) is 5.28. The lowest BCUT2D eigenvalue weighted by atomic mass is 9.92. The normalized spacial score (nSPS) is 30.1. The highest BCUT2D eigenvalue weighted by Gasteiger charge is 2.29. The SMILES string of the molecule is CC[C@@H]1CN(C(=O)[C@@H](C)N)CC[C@H]1O. The van der Waals surface area contributed by atoms with Crippen LogP contribution >= 0.6 is 0 Å². The third-order valence-corrected chi connectivity index (χ3v) is 2.92. The molecule has 1 aliphatic rings. The average molecular weight is 200 g/mol. The number of aliphatic hydroxyl groups excluding tert-OH is 1. The maximum Gasteiger partial charge on any atom is 0.239 e. The largest absolute Gasteiger partial charge is 0.393 e. The Morgan fingerprint density at radius 3 is 2.86 bits per heavy atom. The first-order valence-corrected chi connectivity index (χ1v) is 5.28. The molecule has 3 N–H and O–H groups in total. The van der Waals surface area contributed by atoms with E-state index in [1.807, 2.05) is 6.92 Å². The minimum atomic E-state index is -0.428. The Hall–Kier alpha value is -0.610. The molecule has 82 valence electrons. The third-order valence-electron chi connectivity index (χ3n) is 2.92. The van der Waals surface area contributed by atoms with Crippen molar-refractivity contribution in [2.75, 3.05) is 13.1 Å². The van der Waals surface area contributed by atoms with Crippen molar-refractivity contribution in [2.45, 2.75) is 38.8 Å². The molecule has 0 aromatic heterocycles. The molecule has 0 saturated carbocycles. The Balaban J connectivity index is 2.54. The number of nitrogens with zero attached hydrogens (tertiary/aromatic N) is 1. The van der Waals surface area contributed by atoms with Gasteiger partial charge < -0.3 is 15.7 Å². The van der Waals surface area contributed by atoms with Crippen molar-refractivity contribution in [1.29, 1.82) is 0 Å². The van der Waals surface area contributed by atoms with E-state index in [0.29, 0.717) is 19.5 Å². The fraction of sp³-hybridized carbons (Fsp3) is 0.900. The van der Waals surface area contributed by atoms with Gasteiger partial charge in [0, 0.05) is 19.0 Å². The van der Waals surface area contributed by atoms with Gasteiger partial charge in [0.2, 0.25) is 5.91 Å². The topological polar surface area (TPSA) is 66.6 Å². The lowest BCUT2D eigenvalue weighted by molar-refractivity contribution is -0.136. The fourth-order valence-electron chi connectivity index (χ4n) is 1.91. The van der Waals surface area contributed by atoms with Crippen molar-refractivity contribution in [3.05, 3.63) is 0 Å². The number of likely N-dealkylation sites (tertiary alicyclic amines) is 1. The molecule has 1 saturated heterocycles. The summed E-state index contributed by atoms with van der Waals surface area (Å²) in [5.74, 6) is 0.210. The van der Waals surface area contributed by atoms with Gasteiger partial charge in [0.1, 0.15) is 0 Å².